The molecule has 1 aromatic carbocycles. The number of hydrogen-bond donors (Lipinski definition) is 3. The molecule has 29 heavy (non-hydrogen) atoms. The number of halogens is 2. The summed E-state index contributed by atoms with van der Waals surface area (Å²) in [5.41, 5.74) is 1.33. The first-order valence-corrected chi connectivity index (χ1v) is 10.2. The Labute approximate surface area is 178 Å². The summed E-state index contributed by atoms with van der Waals surface area (Å²) in [7, 11) is 1.87. The number of rotatable bonds is 5. The van der Waals surface area contributed by atoms with Crippen LogP contribution in [0.5, 0.6) is 0 Å². The van der Waals surface area contributed by atoms with Crippen molar-refractivity contribution in [2.45, 2.75) is 24.6 Å². The summed E-state index contributed by atoms with van der Waals surface area (Å²) < 4.78 is 7.55. The van der Waals surface area contributed by atoms with E-state index < -0.39 is 17.7 Å². The van der Waals surface area contributed by atoms with Crippen LogP contribution in [0.4, 0.5) is 0 Å². The molecule has 3 atom stereocenters. The molecule has 3 N–H and O–H groups in total. The highest BCUT2D eigenvalue weighted by Crippen LogP contribution is 2.38. The maximum absolute atomic E-state index is 11.2. The van der Waals surface area contributed by atoms with Gasteiger partial charge < -0.3 is 19.5 Å². The second-order valence-electron chi connectivity index (χ2n) is 7.59. The van der Waals surface area contributed by atoms with E-state index in [1.807, 2.05) is 29.8 Å². The van der Waals surface area contributed by atoms with Crippen LogP contribution in [0.2, 0.25) is 10.0 Å². The third kappa shape index (κ3) is 3.60. The number of aromatic nitrogens is 1. The largest absolute Gasteiger partial charge is 0.478 e. The van der Waals surface area contributed by atoms with E-state index >= 15 is 0 Å². The van der Waals surface area contributed by atoms with Gasteiger partial charge >= 0.3 is 5.97 Å². The number of aliphatic hydroxyl groups excluding tert-OH is 1. The molecule has 154 valence electrons. The number of fused-ring (bicyclic) bond motifs is 1. The highest BCUT2D eigenvalue weighted by atomic mass is 35.5. The Kier molecular flexibility index (Phi) is 5.48. The van der Waals surface area contributed by atoms with Crippen molar-refractivity contribution in [2.24, 2.45) is 13.0 Å². The highest BCUT2D eigenvalue weighted by molar-refractivity contribution is 6.45. The minimum atomic E-state index is -0.956. The van der Waals surface area contributed by atoms with E-state index in [4.69, 9.17) is 33.0 Å². The maximum Gasteiger partial charge on any atom is 0.335 e. The molecule has 0 bridgehead atoms. The van der Waals surface area contributed by atoms with E-state index in [-0.39, 0.29) is 11.5 Å². The number of carbonyl (C=O) groups is 1. The minimum Gasteiger partial charge on any atom is -0.478 e. The number of ether oxygens (including phenoxy) is 1. The molecule has 1 aliphatic carbocycles. The fourth-order valence-electron chi connectivity index (χ4n) is 4.26. The van der Waals surface area contributed by atoms with Gasteiger partial charge in [-0.3, -0.25) is 5.32 Å². The van der Waals surface area contributed by atoms with E-state index in [9.17, 15) is 9.90 Å². The van der Waals surface area contributed by atoms with Crippen LogP contribution in [0, 0.1) is 5.92 Å². The van der Waals surface area contributed by atoms with Crippen LogP contribution in [0.3, 0.4) is 0 Å². The molecule has 0 amide bonds. The van der Waals surface area contributed by atoms with E-state index in [1.165, 1.54) is 0 Å². The van der Waals surface area contributed by atoms with Crippen LogP contribution >= 0.6 is 23.2 Å². The lowest BCUT2D eigenvalue weighted by molar-refractivity contribution is -0.132. The van der Waals surface area contributed by atoms with Gasteiger partial charge in [0, 0.05) is 30.5 Å². The first kappa shape index (κ1) is 20.4. The summed E-state index contributed by atoms with van der Waals surface area (Å²) in [6.45, 7) is 1.02. The van der Waals surface area contributed by atoms with Gasteiger partial charge in [-0.05, 0) is 31.0 Å². The lowest BCUT2D eigenvalue weighted by atomic mass is 9.78. The Balaban J connectivity index is 1.62. The topological polar surface area (TPSA) is 83.7 Å². The molecule has 2 aliphatic rings. The van der Waals surface area contributed by atoms with Crippen molar-refractivity contribution in [1.82, 2.24) is 9.88 Å². The number of nitrogens with one attached hydrogen (secondary N) is 1. The molecule has 0 radical (unpaired) electrons. The van der Waals surface area contributed by atoms with Crippen molar-refractivity contribution in [3.05, 3.63) is 57.7 Å². The average molecular weight is 437 g/mol. The van der Waals surface area contributed by atoms with Gasteiger partial charge in [0.15, 0.2) is 0 Å². The van der Waals surface area contributed by atoms with Gasteiger partial charge in [-0.15, -0.1) is 0 Å². The zero-order valence-electron chi connectivity index (χ0n) is 15.9. The van der Waals surface area contributed by atoms with Crippen LogP contribution in [-0.2, 0) is 16.6 Å². The molecule has 2 aromatic rings. The summed E-state index contributed by atoms with van der Waals surface area (Å²) >= 11 is 12.5. The van der Waals surface area contributed by atoms with Crippen LogP contribution in [0.1, 0.15) is 24.8 Å². The minimum absolute atomic E-state index is 0.00969. The number of aliphatic hydroxyl groups is 1. The zero-order valence-corrected chi connectivity index (χ0v) is 17.4. The predicted octanol–water partition coefficient (Wildman–Crippen LogP) is 3.81. The molecule has 0 saturated carbocycles. The molecule has 1 aromatic heterocycles. The van der Waals surface area contributed by atoms with Crippen molar-refractivity contribution in [2.75, 3.05) is 13.2 Å². The first-order chi connectivity index (χ1) is 13.8. The van der Waals surface area contributed by atoms with Crippen LogP contribution in [0.15, 0.2) is 42.0 Å². The average Bonchev–Trinajstić information content (AvgIpc) is 3.31. The summed E-state index contributed by atoms with van der Waals surface area (Å²) in [6.07, 6.45) is 5.57. The molecule has 1 saturated heterocycles. The normalized spacial score (nSPS) is 25.4. The van der Waals surface area contributed by atoms with E-state index in [2.05, 4.69) is 5.32 Å². The summed E-state index contributed by atoms with van der Waals surface area (Å²) in [6, 6.07) is 5.45. The standard InChI is InChI=1S/C21H22Cl2N2O4/c1-25-16-7-6-15(22)18(23)14(16)10-17(25)19(26)24-21(8-9-29-11-21)13-4-2-12(3-5-13)20(27)28/h2-4,6-7,10,13,19,24,26H,5,8-9,11H2,1H3,(H,27,28). The first-order valence-electron chi connectivity index (χ1n) is 9.41. The van der Waals surface area contributed by atoms with Crippen molar-refractivity contribution in [3.8, 4) is 0 Å². The van der Waals surface area contributed by atoms with Gasteiger partial charge in [-0.2, -0.15) is 0 Å². The smallest absolute Gasteiger partial charge is 0.335 e. The fraction of sp³-hybridized carbons (Fsp3) is 0.381. The number of hydrogen-bond acceptors (Lipinski definition) is 4. The van der Waals surface area contributed by atoms with Gasteiger partial charge in [0.1, 0.15) is 6.23 Å². The van der Waals surface area contributed by atoms with Gasteiger partial charge in [0.25, 0.3) is 0 Å². The van der Waals surface area contributed by atoms with E-state index in [0.717, 1.165) is 10.9 Å². The van der Waals surface area contributed by atoms with Crippen LogP contribution in [0.25, 0.3) is 10.9 Å². The molecule has 0 spiro atoms. The molecule has 6 nitrogen and oxygen atoms in total. The third-order valence-corrected chi connectivity index (χ3v) is 6.78. The number of allylic oxidation sites excluding steroid dienone is 1. The Morgan fingerprint density at radius 1 is 1.41 bits per heavy atom. The predicted molar refractivity (Wildman–Crippen MR) is 112 cm³/mol. The zero-order chi connectivity index (χ0) is 20.8. The number of aliphatic carboxylic acids is 1. The molecule has 8 heteroatoms. The van der Waals surface area contributed by atoms with Gasteiger partial charge in [-0.25, -0.2) is 4.79 Å². The van der Waals surface area contributed by atoms with Gasteiger partial charge in [0.05, 0.1) is 33.5 Å². The third-order valence-electron chi connectivity index (χ3n) is 5.96. The SMILES string of the molecule is Cn1c(C(O)NC2(C3C=CC(C(=O)O)=CC3)CCOC2)cc2c(Cl)c(Cl)ccc21. The van der Waals surface area contributed by atoms with Crippen molar-refractivity contribution < 1.29 is 19.7 Å². The van der Waals surface area contributed by atoms with Crippen molar-refractivity contribution >= 4 is 40.1 Å². The highest BCUT2D eigenvalue weighted by Gasteiger charge is 2.43. The lowest BCUT2D eigenvalue weighted by Gasteiger charge is -2.38. The number of aryl methyl sites for hydroxylation is 1. The van der Waals surface area contributed by atoms with Gasteiger partial charge in [0.2, 0.25) is 0 Å². The molecule has 3 unspecified atom stereocenters. The number of benzene rings is 1. The molecule has 1 fully saturated rings. The van der Waals surface area contributed by atoms with Gasteiger partial charge in [-0.1, -0.05) is 41.4 Å². The second-order valence-corrected chi connectivity index (χ2v) is 8.38. The van der Waals surface area contributed by atoms with E-state index in [1.54, 1.807) is 18.2 Å². The number of carboxylic acid groups (broad SMARTS) is 1. The van der Waals surface area contributed by atoms with Crippen LogP contribution < -0.4 is 5.32 Å². The quantitative estimate of drug-likeness (QED) is 0.620. The molecule has 1 aliphatic heterocycles. The molecular weight excluding hydrogens is 415 g/mol. The Bertz CT molecular complexity index is 1020. The molecule has 4 rings (SSSR count). The van der Waals surface area contributed by atoms with Crippen LogP contribution in [-0.4, -0.2) is 39.5 Å². The van der Waals surface area contributed by atoms with E-state index in [0.29, 0.717) is 41.8 Å². The summed E-state index contributed by atoms with van der Waals surface area (Å²) in [4.78, 5) is 11.2. The molecule has 2 heterocycles. The Morgan fingerprint density at radius 3 is 2.83 bits per heavy atom. The maximum atomic E-state index is 11.2. The fourth-order valence-corrected chi connectivity index (χ4v) is 4.64. The summed E-state index contributed by atoms with van der Waals surface area (Å²) in [5.74, 6) is -0.925. The number of carboxylic acids is 1. The summed E-state index contributed by atoms with van der Waals surface area (Å²) in [5, 5.41) is 25.3. The van der Waals surface area contributed by atoms with Crippen molar-refractivity contribution in [1.29, 1.82) is 0 Å². The lowest BCUT2D eigenvalue weighted by Crippen LogP contribution is -2.53. The Hall–Kier alpha value is -1.83. The number of nitrogens with zero attached hydrogens (tertiary/aromatic N) is 1. The Morgan fingerprint density at radius 2 is 2.21 bits per heavy atom. The molecular formula is C21H22Cl2N2O4. The monoisotopic (exact) mass is 436 g/mol. The van der Waals surface area contributed by atoms with Crippen molar-refractivity contribution in [3.63, 3.8) is 0 Å². The second kappa shape index (κ2) is 7.78.